The van der Waals surface area contributed by atoms with Crippen molar-refractivity contribution in [2.75, 3.05) is 13.2 Å². The molecule has 3 rings (SSSR count). The maximum Gasteiger partial charge on any atom is 1.00 e. The first-order valence-electron chi connectivity index (χ1n) is 12.5. The Morgan fingerprint density at radius 3 is 1.87 bits per heavy atom. The molecule has 0 N–H and O–H groups in total. The molecule has 1 atom stereocenters. The number of hydrogen-bond acceptors (Lipinski definition) is 2. The van der Waals surface area contributed by atoms with Gasteiger partial charge in [-0.2, -0.15) is 0 Å². The van der Waals surface area contributed by atoms with Crippen LogP contribution in [0.25, 0.3) is 6.05 Å². The zero-order chi connectivity index (χ0) is 28.2. The van der Waals surface area contributed by atoms with Crippen LogP contribution >= 0.6 is 47.8 Å². The average Bonchev–Trinajstić information content (AvgIpc) is 3.33. The van der Waals surface area contributed by atoms with E-state index in [2.05, 4.69) is 47.8 Å². The van der Waals surface area contributed by atoms with Gasteiger partial charge in [0.05, 0.1) is 4.11 Å². The average molecular weight is 638 g/mol. The summed E-state index contributed by atoms with van der Waals surface area (Å²) in [5, 5.41) is 10.1. The molecule has 0 aliphatic carbocycles. The van der Waals surface area contributed by atoms with E-state index < -0.39 is 23.8 Å². The Morgan fingerprint density at radius 1 is 1.10 bits per heavy atom. The van der Waals surface area contributed by atoms with Crippen LogP contribution in [0.2, 0.25) is 0 Å². The van der Waals surface area contributed by atoms with Crippen molar-refractivity contribution in [1.29, 1.82) is 0 Å². The summed E-state index contributed by atoms with van der Waals surface area (Å²) >= 11 is 9.43. The van der Waals surface area contributed by atoms with Gasteiger partial charge in [-0.25, -0.2) is 0 Å². The SMILES string of the molecule is C1CCOC1.CC(C)(C)[O-].[2H]C([2H])([2H])C([2H])(Br)c1ccc(Br)cc1.[2H]C([2H])=C([2H])c1ccc(Br)cc1.[K+]. The molecule has 2 nitrogen and oxygen atoms in total. The van der Waals surface area contributed by atoms with E-state index in [1.807, 2.05) is 0 Å². The van der Waals surface area contributed by atoms with Crippen molar-refractivity contribution in [2.45, 2.75) is 50.9 Å². The van der Waals surface area contributed by atoms with Gasteiger partial charge in [0, 0.05) is 32.4 Å². The van der Waals surface area contributed by atoms with Gasteiger partial charge in [-0.15, -0.1) is 5.60 Å². The molecule has 1 heterocycles. The Hall–Kier alpha value is 1.18. The first-order chi connectivity index (χ1) is 16.4. The summed E-state index contributed by atoms with van der Waals surface area (Å²) in [6, 6.07) is 13.6. The van der Waals surface area contributed by atoms with Crippen LogP contribution in [0, 0.1) is 0 Å². The molecule has 0 spiro atoms. The maximum atomic E-state index is 10.1. The minimum Gasteiger partial charge on any atom is -0.850 e. The van der Waals surface area contributed by atoms with E-state index in [0.29, 0.717) is 11.1 Å². The Morgan fingerprint density at radius 2 is 1.53 bits per heavy atom. The molecule has 0 amide bonds. The maximum absolute atomic E-state index is 10.1. The molecular formula is C24H32Br3KO2. The number of alkyl halides is 1. The van der Waals surface area contributed by atoms with E-state index >= 15 is 0 Å². The number of benzene rings is 2. The van der Waals surface area contributed by atoms with E-state index in [-0.39, 0.29) is 57.4 Å². The van der Waals surface area contributed by atoms with E-state index in [4.69, 9.17) is 14.3 Å². The van der Waals surface area contributed by atoms with Gasteiger partial charge in [0.15, 0.2) is 0 Å². The molecule has 1 aliphatic rings. The molecule has 0 bridgehead atoms. The van der Waals surface area contributed by atoms with Crippen LogP contribution in [0.1, 0.15) is 66.0 Å². The van der Waals surface area contributed by atoms with Gasteiger partial charge < -0.3 is 9.84 Å². The first-order valence-corrected chi connectivity index (χ1v) is 11.4. The minimum absolute atomic E-state index is 0. The fourth-order valence-electron chi connectivity index (χ4n) is 1.64. The molecule has 162 valence electrons. The van der Waals surface area contributed by atoms with Crippen LogP contribution in [0.15, 0.2) is 64.0 Å². The topological polar surface area (TPSA) is 32.3 Å². The smallest absolute Gasteiger partial charge is 0.850 e. The van der Waals surface area contributed by atoms with Crippen LogP contribution in [0.4, 0.5) is 0 Å². The van der Waals surface area contributed by atoms with Crippen LogP contribution in [-0.2, 0) is 4.74 Å². The van der Waals surface area contributed by atoms with Gasteiger partial charge in [0.2, 0.25) is 0 Å². The number of rotatable bonds is 2. The summed E-state index contributed by atoms with van der Waals surface area (Å²) < 4.78 is 57.3. The predicted octanol–water partition coefficient (Wildman–Crippen LogP) is 4.94. The van der Waals surface area contributed by atoms with Crippen molar-refractivity contribution >= 4 is 53.8 Å². The summed E-state index contributed by atoms with van der Waals surface area (Å²) in [7, 11) is 0. The van der Waals surface area contributed by atoms with Gasteiger partial charge in [0.25, 0.3) is 0 Å². The minimum atomic E-state index is -2.39. The van der Waals surface area contributed by atoms with Crippen molar-refractivity contribution in [3.63, 3.8) is 0 Å². The van der Waals surface area contributed by atoms with Crippen LogP contribution < -0.4 is 56.5 Å². The zero-order valence-corrected chi connectivity index (χ0v) is 25.8. The van der Waals surface area contributed by atoms with Crippen LogP contribution in [0.3, 0.4) is 0 Å². The molecule has 2 aromatic rings. The predicted molar refractivity (Wildman–Crippen MR) is 136 cm³/mol. The summed E-state index contributed by atoms with van der Waals surface area (Å²) in [5.41, 5.74) is 0.263. The summed E-state index contributed by atoms with van der Waals surface area (Å²) in [5.74, 6) is 0. The monoisotopic (exact) mass is 635 g/mol. The van der Waals surface area contributed by atoms with Gasteiger partial charge in [-0.05, 0) is 55.1 Å². The van der Waals surface area contributed by atoms with Gasteiger partial charge in [0.1, 0.15) is 0 Å². The summed E-state index contributed by atoms with van der Waals surface area (Å²) in [6.45, 7) is 4.05. The van der Waals surface area contributed by atoms with E-state index in [1.165, 1.54) is 12.8 Å². The van der Waals surface area contributed by atoms with E-state index in [1.54, 1.807) is 69.3 Å². The normalized spacial score (nSPS) is 17.8. The Labute approximate surface area is 260 Å². The summed E-state index contributed by atoms with van der Waals surface area (Å²) in [4.78, 5) is -1.74. The second-order valence-corrected chi connectivity index (χ2v) is 9.51. The van der Waals surface area contributed by atoms with E-state index in [9.17, 15) is 5.11 Å². The van der Waals surface area contributed by atoms with Crippen molar-refractivity contribution in [1.82, 2.24) is 0 Å². The van der Waals surface area contributed by atoms with E-state index in [0.717, 1.165) is 22.2 Å². The summed E-state index contributed by atoms with van der Waals surface area (Å²) in [6.07, 6.45) is 2.56. The largest absolute Gasteiger partial charge is 1.00 e. The van der Waals surface area contributed by atoms with Gasteiger partial charge in [-0.3, -0.25) is 0 Å². The standard InChI is InChI=1S/C8H8Br2.C8H7Br.C4H8O.C4H9O.K/c1-6(9)7-2-4-8(10)5-3-7;1-2-7-3-5-8(9)6-4-7;1-2-4-5-3-1;1-4(2,3)5;/h2-6H,1H3;2-6H,1H2;1-4H2;1-3H3;/q;;;-1;+1/i1D3,6D;1D2,2D;;;. The third kappa shape index (κ3) is 22.4. The molecule has 0 saturated carbocycles. The Bertz CT molecular complexity index is 910. The number of ether oxygens (including phenoxy) is 1. The first kappa shape index (κ1) is 21.7. The second-order valence-electron chi connectivity index (χ2n) is 6.88. The molecule has 1 saturated heterocycles. The van der Waals surface area contributed by atoms with Crippen LogP contribution in [-0.4, -0.2) is 18.8 Å². The fraction of sp³-hybridized carbons (Fsp3) is 0.417. The third-order valence-electron chi connectivity index (χ3n) is 2.91. The zero-order valence-electron chi connectivity index (χ0n) is 24.9. The van der Waals surface area contributed by atoms with Crippen molar-refractivity contribution in [3.05, 3.63) is 75.1 Å². The molecule has 0 radical (unpaired) electrons. The molecular weight excluding hydrogens is 599 g/mol. The molecule has 0 aromatic heterocycles. The molecule has 1 unspecified atom stereocenters. The Kier molecular flexibility index (Phi) is 14.2. The molecule has 1 fully saturated rings. The fourth-order valence-corrected chi connectivity index (χ4v) is 2.43. The van der Waals surface area contributed by atoms with Crippen molar-refractivity contribution in [2.24, 2.45) is 0 Å². The Balaban J connectivity index is 0. The molecule has 6 heteroatoms. The van der Waals surface area contributed by atoms with Gasteiger partial charge >= 0.3 is 51.4 Å². The number of halogens is 3. The quantitative estimate of drug-likeness (QED) is 0.345. The molecule has 30 heavy (non-hydrogen) atoms. The van der Waals surface area contributed by atoms with Crippen molar-refractivity contribution in [3.8, 4) is 0 Å². The van der Waals surface area contributed by atoms with Gasteiger partial charge in [-0.1, -0.05) is 105 Å². The third-order valence-corrected chi connectivity index (χ3v) is 4.43. The molecule has 2 aromatic carbocycles. The van der Waals surface area contributed by atoms with Crippen LogP contribution in [0.5, 0.6) is 0 Å². The second kappa shape index (κ2) is 19.6. The van der Waals surface area contributed by atoms with Crippen molar-refractivity contribution < 1.29 is 70.8 Å². The molecule has 1 aliphatic heterocycles. The number of hydrogen-bond donors (Lipinski definition) is 0.